The van der Waals surface area contributed by atoms with E-state index in [0.717, 1.165) is 40.9 Å². The van der Waals surface area contributed by atoms with E-state index in [2.05, 4.69) is 17.0 Å². The van der Waals surface area contributed by atoms with Crippen molar-refractivity contribution in [1.82, 2.24) is 4.90 Å². The Hall–Kier alpha value is -2.31. The minimum absolute atomic E-state index is 0.0218. The van der Waals surface area contributed by atoms with Gasteiger partial charge >= 0.3 is 0 Å². The van der Waals surface area contributed by atoms with Crippen LogP contribution in [0.4, 0.5) is 14.9 Å². The zero-order chi connectivity index (χ0) is 20.5. The first-order chi connectivity index (χ1) is 13.9. The van der Waals surface area contributed by atoms with Crippen LogP contribution >= 0.6 is 23.4 Å². The van der Waals surface area contributed by atoms with Gasteiger partial charge < -0.3 is 4.90 Å². The Balaban J connectivity index is 1.54. The van der Waals surface area contributed by atoms with Gasteiger partial charge in [-0.1, -0.05) is 23.7 Å². The molecule has 2 saturated heterocycles. The zero-order valence-corrected chi connectivity index (χ0v) is 17.5. The number of rotatable bonds is 4. The molecule has 4 rings (SSSR count). The van der Waals surface area contributed by atoms with Crippen LogP contribution in [0.5, 0.6) is 0 Å². The molecular weight excluding hydrogens is 411 g/mol. The fourth-order valence-corrected chi connectivity index (χ4v) is 4.65. The lowest BCUT2D eigenvalue weighted by atomic mass is 10.1. The van der Waals surface area contributed by atoms with Crippen LogP contribution in [0.1, 0.15) is 29.5 Å². The summed E-state index contributed by atoms with van der Waals surface area (Å²) in [4.78, 5) is 29.0. The molecule has 29 heavy (non-hydrogen) atoms. The summed E-state index contributed by atoms with van der Waals surface area (Å²) in [5.41, 5.74) is 3.69. The summed E-state index contributed by atoms with van der Waals surface area (Å²) in [6.45, 7) is 4.18. The van der Waals surface area contributed by atoms with Gasteiger partial charge in [0.05, 0.1) is 11.4 Å². The highest BCUT2D eigenvalue weighted by atomic mass is 35.5. The molecule has 0 bridgehead atoms. The molecule has 2 aromatic carbocycles. The molecule has 0 radical (unpaired) electrons. The summed E-state index contributed by atoms with van der Waals surface area (Å²) >= 11 is 6.96. The number of anilines is 1. The van der Waals surface area contributed by atoms with E-state index < -0.39 is 5.82 Å². The number of aryl methyl sites for hydroxylation is 1. The number of amides is 2. The number of thioether (sulfide) groups is 1. The van der Waals surface area contributed by atoms with E-state index in [1.54, 1.807) is 6.08 Å². The quantitative estimate of drug-likeness (QED) is 0.590. The first-order valence-electron chi connectivity index (χ1n) is 9.47. The predicted molar refractivity (Wildman–Crippen MR) is 116 cm³/mol. The number of hydrogen-bond donors (Lipinski definition) is 0. The van der Waals surface area contributed by atoms with Crippen LogP contribution in [0, 0.1) is 12.7 Å². The van der Waals surface area contributed by atoms with Crippen molar-refractivity contribution in [2.75, 3.05) is 18.0 Å². The van der Waals surface area contributed by atoms with Gasteiger partial charge in [-0.15, -0.1) is 0 Å². The number of hydrogen-bond acceptors (Lipinski definition) is 4. The molecule has 0 saturated carbocycles. The topological polar surface area (TPSA) is 40.6 Å². The van der Waals surface area contributed by atoms with Gasteiger partial charge in [0.2, 0.25) is 0 Å². The molecule has 0 aromatic heterocycles. The fourth-order valence-electron chi connectivity index (χ4n) is 3.59. The van der Waals surface area contributed by atoms with Crippen LogP contribution in [-0.4, -0.2) is 29.1 Å². The summed E-state index contributed by atoms with van der Waals surface area (Å²) in [6.07, 6.45) is 4.19. The number of halogens is 2. The van der Waals surface area contributed by atoms with E-state index in [4.69, 9.17) is 11.6 Å². The Morgan fingerprint density at radius 3 is 2.59 bits per heavy atom. The Morgan fingerprint density at radius 1 is 1.14 bits per heavy atom. The van der Waals surface area contributed by atoms with E-state index in [0.29, 0.717) is 10.5 Å². The van der Waals surface area contributed by atoms with Crippen molar-refractivity contribution >= 4 is 46.3 Å². The summed E-state index contributed by atoms with van der Waals surface area (Å²) in [7, 11) is 0. The highest BCUT2D eigenvalue weighted by Crippen LogP contribution is 2.35. The van der Waals surface area contributed by atoms with E-state index >= 15 is 0 Å². The number of benzene rings is 2. The lowest BCUT2D eigenvalue weighted by molar-refractivity contribution is -0.123. The maximum absolute atomic E-state index is 13.2. The monoisotopic (exact) mass is 430 g/mol. The predicted octanol–water partition coefficient (Wildman–Crippen LogP) is 5.62. The molecule has 0 unspecified atom stereocenters. The van der Waals surface area contributed by atoms with E-state index in [9.17, 15) is 14.0 Å². The lowest BCUT2D eigenvalue weighted by Gasteiger charge is -2.18. The van der Waals surface area contributed by atoms with Gasteiger partial charge in [0.1, 0.15) is 5.82 Å². The fraction of sp³-hybridized carbons (Fsp3) is 0.273. The summed E-state index contributed by atoms with van der Waals surface area (Å²) in [6, 6.07) is 10.1. The van der Waals surface area contributed by atoms with E-state index in [1.165, 1.54) is 36.7 Å². The van der Waals surface area contributed by atoms with Crippen molar-refractivity contribution in [3.05, 3.63) is 68.8 Å². The molecule has 0 N–H and O–H groups in total. The van der Waals surface area contributed by atoms with Crippen LogP contribution < -0.4 is 4.90 Å². The normalized spacial score (nSPS) is 18.4. The number of imide groups is 1. The molecule has 2 aliphatic heterocycles. The van der Waals surface area contributed by atoms with Crippen LogP contribution in [0.3, 0.4) is 0 Å². The Kier molecular flexibility index (Phi) is 5.65. The molecule has 0 atom stereocenters. The molecule has 0 spiro atoms. The van der Waals surface area contributed by atoms with Crippen molar-refractivity contribution in [2.45, 2.75) is 26.3 Å². The van der Waals surface area contributed by atoms with Crippen LogP contribution in [0.25, 0.3) is 6.08 Å². The van der Waals surface area contributed by atoms with E-state index in [-0.39, 0.29) is 22.7 Å². The molecule has 2 aromatic rings. The maximum atomic E-state index is 13.2. The van der Waals surface area contributed by atoms with Gasteiger partial charge in [-0.25, -0.2) is 4.39 Å². The highest BCUT2D eigenvalue weighted by molar-refractivity contribution is 8.18. The number of carbonyl (C=O) groups is 2. The third-order valence-electron chi connectivity index (χ3n) is 5.23. The van der Waals surface area contributed by atoms with Gasteiger partial charge in [-0.05, 0) is 78.6 Å². The molecule has 4 nitrogen and oxygen atoms in total. The molecule has 2 heterocycles. The Bertz CT molecular complexity index is 1020. The summed E-state index contributed by atoms with van der Waals surface area (Å²) in [5, 5.41) is -0.158. The molecule has 2 aliphatic rings. The van der Waals surface area contributed by atoms with Crippen molar-refractivity contribution in [2.24, 2.45) is 0 Å². The number of nitrogens with zero attached hydrogens (tertiary/aromatic N) is 2. The Morgan fingerprint density at radius 2 is 1.90 bits per heavy atom. The van der Waals surface area contributed by atoms with Crippen molar-refractivity contribution < 1.29 is 14.0 Å². The molecule has 2 fully saturated rings. The standard InChI is InChI=1S/C22H20ClFN2O2S/c1-14-10-18(25-8-2-3-9-25)7-5-15(14)11-20-21(27)26(22(28)29-20)13-16-4-6-17(24)12-19(16)23/h4-7,10-12H,2-3,8-9,13H2,1H3/b20-11-. The van der Waals surface area contributed by atoms with Gasteiger partial charge in [-0.2, -0.15) is 0 Å². The minimum atomic E-state index is -0.458. The molecular formula is C22H20ClFN2O2S. The first kappa shape index (κ1) is 20.0. The van der Waals surface area contributed by atoms with Gasteiger partial charge in [-0.3, -0.25) is 14.5 Å². The smallest absolute Gasteiger partial charge is 0.293 e. The van der Waals surface area contributed by atoms with Crippen LogP contribution in [0.15, 0.2) is 41.3 Å². The largest absolute Gasteiger partial charge is 0.372 e. The molecule has 2 amide bonds. The van der Waals surface area contributed by atoms with Crippen molar-refractivity contribution in [1.29, 1.82) is 0 Å². The van der Waals surface area contributed by atoms with E-state index in [1.807, 2.05) is 13.0 Å². The summed E-state index contributed by atoms with van der Waals surface area (Å²) in [5.74, 6) is -0.816. The molecule has 0 aliphatic carbocycles. The van der Waals surface area contributed by atoms with Gasteiger partial charge in [0, 0.05) is 23.8 Å². The zero-order valence-electron chi connectivity index (χ0n) is 16.0. The average Bonchev–Trinajstić information content (AvgIpc) is 3.30. The second-order valence-corrected chi connectivity index (χ2v) is 8.64. The minimum Gasteiger partial charge on any atom is -0.372 e. The Labute approximate surface area is 178 Å². The van der Waals surface area contributed by atoms with Crippen LogP contribution in [0.2, 0.25) is 5.02 Å². The number of carbonyl (C=O) groups excluding carboxylic acids is 2. The SMILES string of the molecule is Cc1cc(N2CCCC2)ccc1/C=C1\SC(=O)N(Cc2ccc(F)cc2Cl)C1=O. The first-order valence-corrected chi connectivity index (χ1v) is 10.7. The highest BCUT2D eigenvalue weighted by Gasteiger charge is 2.35. The molecule has 7 heteroatoms. The molecule has 150 valence electrons. The summed E-state index contributed by atoms with van der Waals surface area (Å²) < 4.78 is 13.2. The van der Waals surface area contributed by atoms with Crippen LogP contribution in [-0.2, 0) is 11.3 Å². The maximum Gasteiger partial charge on any atom is 0.293 e. The van der Waals surface area contributed by atoms with Gasteiger partial charge in [0.25, 0.3) is 11.1 Å². The second kappa shape index (κ2) is 8.20. The van der Waals surface area contributed by atoms with Gasteiger partial charge in [0.15, 0.2) is 0 Å². The van der Waals surface area contributed by atoms with Crippen molar-refractivity contribution in [3.8, 4) is 0 Å². The lowest BCUT2D eigenvalue weighted by Crippen LogP contribution is -2.27. The third-order valence-corrected chi connectivity index (χ3v) is 6.49. The second-order valence-electron chi connectivity index (χ2n) is 7.24. The average molecular weight is 431 g/mol. The van der Waals surface area contributed by atoms with Crippen molar-refractivity contribution in [3.63, 3.8) is 0 Å². The third kappa shape index (κ3) is 4.19.